The SMILES string of the molecule is [2H]C(C)(c1ccccc1)c1ccnc(-c2[c-]ccc3c2oc2ccc(-c4ccccc4)cc23)c1.[Ir].[c-]1ccccc1-c1ccccn1. The maximum atomic E-state index is 9.06. The van der Waals surface area contributed by atoms with Crippen LogP contribution in [0.1, 0.15) is 25.3 Å². The van der Waals surface area contributed by atoms with Gasteiger partial charge >= 0.3 is 0 Å². The normalized spacial score (nSPS) is 12.3. The molecule has 3 aromatic heterocycles. The third kappa shape index (κ3) is 6.60. The van der Waals surface area contributed by atoms with E-state index in [2.05, 4.69) is 46.4 Å². The van der Waals surface area contributed by atoms with Crippen molar-refractivity contribution in [3.8, 4) is 33.6 Å². The van der Waals surface area contributed by atoms with Crippen LogP contribution in [0.3, 0.4) is 0 Å². The molecular formula is C42H30IrN2O-2. The monoisotopic (exact) mass is 772 g/mol. The number of pyridine rings is 2. The minimum atomic E-state index is -0.898. The van der Waals surface area contributed by atoms with Crippen LogP contribution < -0.4 is 0 Å². The first-order valence-electron chi connectivity index (χ1n) is 15.4. The van der Waals surface area contributed by atoms with Crippen LogP contribution in [0.25, 0.3) is 55.6 Å². The van der Waals surface area contributed by atoms with Gasteiger partial charge in [-0.05, 0) is 57.9 Å². The average Bonchev–Trinajstić information content (AvgIpc) is 3.52. The maximum absolute atomic E-state index is 9.06. The zero-order valence-corrected chi connectivity index (χ0v) is 27.5. The fourth-order valence-electron chi connectivity index (χ4n) is 5.47. The Morgan fingerprint density at radius 1 is 0.609 bits per heavy atom. The molecule has 8 aromatic rings. The van der Waals surface area contributed by atoms with Crippen LogP contribution in [0.2, 0.25) is 0 Å². The van der Waals surface area contributed by atoms with Crippen LogP contribution in [0, 0.1) is 12.1 Å². The molecule has 0 N–H and O–H groups in total. The molecule has 1 radical (unpaired) electrons. The summed E-state index contributed by atoms with van der Waals surface area (Å²) in [6.45, 7) is 1.91. The molecule has 225 valence electrons. The summed E-state index contributed by atoms with van der Waals surface area (Å²) in [5.41, 5.74) is 9.30. The molecule has 0 bridgehead atoms. The van der Waals surface area contributed by atoms with Gasteiger partial charge in [0.2, 0.25) is 0 Å². The molecule has 4 heteroatoms. The van der Waals surface area contributed by atoms with Gasteiger partial charge in [0.1, 0.15) is 5.58 Å². The molecule has 0 saturated carbocycles. The Morgan fingerprint density at radius 2 is 1.37 bits per heavy atom. The Labute approximate surface area is 284 Å². The van der Waals surface area contributed by atoms with Gasteiger partial charge in [-0.25, -0.2) is 0 Å². The number of hydrogen-bond donors (Lipinski definition) is 0. The molecule has 8 rings (SSSR count). The molecule has 3 heterocycles. The summed E-state index contributed by atoms with van der Waals surface area (Å²) in [6, 6.07) is 54.6. The van der Waals surface area contributed by atoms with Crippen LogP contribution in [0.15, 0.2) is 162 Å². The van der Waals surface area contributed by atoms with Crippen molar-refractivity contribution in [2.45, 2.75) is 12.8 Å². The van der Waals surface area contributed by atoms with Gasteiger partial charge in [-0.3, -0.25) is 0 Å². The minimum Gasteiger partial charge on any atom is -0.501 e. The molecule has 0 amide bonds. The van der Waals surface area contributed by atoms with Crippen molar-refractivity contribution in [1.82, 2.24) is 9.97 Å². The summed E-state index contributed by atoms with van der Waals surface area (Å²) >= 11 is 0. The van der Waals surface area contributed by atoms with Gasteiger partial charge in [-0.15, -0.1) is 54.1 Å². The average molecular weight is 772 g/mol. The van der Waals surface area contributed by atoms with Crippen molar-refractivity contribution in [2.24, 2.45) is 0 Å². The first-order chi connectivity index (χ1) is 22.6. The van der Waals surface area contributed by atoms with Crippen molar-refractivity contribution >= 4 is 21.9 Å². The standard InChI is InChI=1S/C31H22NO.C11H8N.Ir/c1-21(22-9-4-2-5-10-22)24-17-18-32-29(20-24)27-14-8-13-26-28-19-25(23-11-6-3-7-12-23)15-16-30(28)33-31(26)27;1-2-6-10(7-3-1)11-8-4-5-9-12-11;/h2-13,15-21H,1H3;1-6,8-9H;/q2*-1;/i21D;;. The Kier molecular flexibility index (Phi) is 9.19. The van der Waals surface area contributed by atoms with E-state index >= 15 is 0 Å². The summed E-state index contributed by atoms with van der Waals surface area (Å²) in [5, 5.41) is 2.10. The number of nitrogens with zero attached hydrogens (tertiary/aromatic N) is 2. The van der Waals surface area contributed by atoms with E-state index in [-0.39, 0.29) is 20.1 Å². The molecule has 0 aliphatic rings. The van der Waals surface area contributed by atoms with Gasteiger partial charge in [0.15, 0.2) is 0 Å². The zero-order chi connectivity index (χ0) is 31.3. The van der Waals surface area contributed by atoms with Crippen LogP contribution >= 0.6 is 0 Å². The summed E-state index contributed by atoms with van der Waals surface area (Å²) in [4.78, 5) is 8.85. The van der Waals surface area contributed by atoms with E-state index in [1.165, 1.54) is 5.56 Å². The molecular weight excluding hydrogens is 741 g/mol. The van der Waals surface area contributed by atoms with E-state index in [0.29, 0.717) is 0 Å². The molecule has 1 unspecified atom stereocenters. The smallest absolute Gasteiger partial charge is 0.120 e. The number of furan rings is 1. The second-order valence-corrected chi connectivity index (χ2v) is 10.7. The van der Waals surface area contributed by atoms with Crippen LogP contribution in [0.5, 0.6) is 0 Å². The quantitative estimate of drug-likeness (QED) is 0.164. The summed E-state index contributed by atoms with van der Waals surface area (Å²) in [5.74, 6) is -0.898. The van der Waals surface area contributed by atoms with E-state index in [4.69, 9.17) is 5.79 Å². The maximum Gasteiger partial charge on any atom is 0.120 e. The van der Waals surface area contributed by atoms with E-state index in [1.807, 2.05) is 128 Å². The predicted molar refractivity (Wildman–Crippen MR) is 184 cm³/mol. The van der Waals surface area contributed by atoms with E-state index in [1.54, 1.807) is 12.4 Å². The van der Waals surface area contributed by atoms with Gasteiger partial charge in [0.05, 0.1) is 5.58 Å². The van der Waals surface area contributed by atoms with Crippen molar-refractivity contribution < 1.29 is 25.9 Å². The summed E-state index contributed by atoms with van der Waals surface area (Å²) < 4.78 is 15.4. The van der Waals surface area contributed by atoms with Gasteiger partial charge < -0.3 is 14.4 Å². The molecule has 1 atom stereocenters. The molecule has 0 spiro atoms. The second kappa shape index (κ2) is 14.3. The van der Waals surface area contributed by atoms with Gasteiger partial charge in [-0.1, -0.05) is 103 Å². The van der Waals surface area contributed by atoms with Gasteiger partial charge in [0, 0.05) is 45.1 Å². The fraction of sp³-hybridized carbons (Fsp3) is 0.0476. The third-order valence-corrected chi connectivity index (χ3v) is 7.84. The van der Waals surface area contributed by atoms with Crippen LogP contribution in [-0.4, -0.2) is 9.97 Å². The topological polar surface area (TPSA) is 38.9 Å². The van der Waals surface area contributed by atoms with Crippen molar-refractivity contribution in [2.75, 3.05) is 0 Å². The first-order valence-corrected chi connectivity index (χ1v) is 14.9. The molecule has 0 aliphatic carbocycles. The Morgan fingerprint density at radius 3 is 2.13 bits per heavy atom. The predicted octanol–water partition coefficient (Wildman–Crippen LogP) is 10.8. The molecule has 46 heavy (non-hydrogen) atoms. The first kappa shape index (κ1) is 29.6. The Hall–Kier alpha value is -5.15. The van der Waals surface area contributed by atoms with Crippen LogP contribution in [0.4, 0.5) is 0 Å². The van der Waals surface area contributed by atoms with Crippen molar-refractivity contribution in [1.29, 1.82) is 0 Å². The molecule has 5 aromatic carbocycles. The molecule has 0 aliphatic heterocycles. The van der Waals surface area contributed by atoms with E-state index in [9.17, 15) is 0 Å². The van der Waals surface area contributed by atoms with Crippen LogP contribution in [-0.2, 0) is 20.1 Å². The summed E-state index contributed by atoms with van der Waals surface area (Å²) in [6.07, 6.45) is 3.55. The van der Waals surface area contributed by atoms with E-state index in [0.717, 1.165) is 61.1 Å². The van der Waals surface area contributed by atoms with Gasteiger partial charge in [-0.2, -0.15) is 0 Å². The van der Waals surface area contributed by atoms with Crippen molar-refractivity contribution in [3.05, 3.63) is 181 Å². The number of benzene rings is 5. The Bertz CT molecular complexity index is 2180. The Balaban J connectivity index is 0.000000250. The molecule has 0 saturated heterocycles. The molecule has 3 nitrogen and oxygen atoms in total. The second-order valence-electron chi connectivity index (χ2n) is 10.7. The number of aromatic nitrogens is 2. The molecule has 0 fully saturated rings. The number of fused-ring (bicyclic) bond motifs is 3. The third-order valence-electron chi connectivity index (χ3n) is 7.84. The largest absolute Gasteiger partial charge is 0.501 e. The number of rotatable bonds is 5. The van der Waals surface area contributed by atoms with Crippen molar-refractivity contribution in [3.63, 3.8) is 0 Å². The summed E-state index contributed by atoms with van der Waals surface area (Å²) in [7, 11) is 0. The fourth-order valence-corrected chi connectivity index (χ4v) is 5.47. The zero-order valence-electron chi connectivity index (χ0n) is 26.1. The number of hydrogen-bond acceptors (Lipinski definition) is 3. The minimum absolute atomic E-state index is 0. The van der Waals surface area contributed by atoms with Gasteiger partial charge in [0.25, 0.3) is 0 Å². The van der Waals surface area contributed by atoms with E-state index < -0.39 is 5.89 Å².